The number of piperidine rings is 1. The molecule has 114 valence electrons. The van der Waals surface area contributed by atoms with Gasteiger partial charge < -0.3 is 15.4 Å². The van der Waals surface area contributed by atoms with Crippen LogP contribution in [0.4, 0.5) is 0 Å². The summed E-state index contributed by atoms with van der Waals surface area (Å²) in [5.74, 6) is 0.623. The maximum absolute atomic E-state index is 12.3. The first-order chi connectivity index (χ1) is 10.1. The number of carbonyl (C=O) groups excluding carboxylic acids is 2. The molecule has 1 aromatic rings. The van der Waals surface area contributed by atoms with Crippen molar-refractivity contribution in [3.8, 4) is 5.75 Å². The van der Waals surface area contributed by atoms with Crippen LogP contribution in [-0.2, 0) is 9.59 Å². The second-order valence-electron chi connectivity index (χ2n) is 5.38. The molecule has 2 amide bonds. The molecule has 0 saturated carbocycles. The van der Waals surface area contributed by atoms with E-state index >= 15 is 0 Å². The normalized spacial score (nSPS) is 19.5. The summed E-state index contributed by atoms with van der Waals surface area (Å²) < 4.78 is 5.77. The van der Waals surface area contributed by atoms with Crippen LogP contribution in [-0.4, -0.2) is 30.5 Å². The Hall–Kier alpha value is -2.04. The zero-order valence-electron chi connectivity index (χ0n) is 12.5. The van der Waals surface area contributed by atoms with Gasteiger partial charge >= 0.3 is 0 Å². The fourth-order valence-electron chi connectivity index (χ4n) is 2.33. The molecule has 1 aromatic carbocycles. The largest absolute Gasteiger partial charge is 0.481 e. The van der Waals surface area contributed by atoms with E-state index in [0.717, 1.165) is 5.56 Å². The summed E-state index contributed by atoms with van der Waals surface area (Å²) in [5.41, 5.74) is 1.10. The molecule has 1 heterocycles. The zero-order chi connectivity index (χ0) is 15.2. The molecule has 0 bridgehead atoms. The van der Waals surface area contributed by atoms with Crippen molar-refractivity contribution in [1.29, 1.82) is 0 Å². The second kappa shape index (κ2) is 7.11. The molecular weight excluding hydrogens is 268 g/mol. The van der Waals surface area contributed by atoms with Crippen LogP contribution in [0.1, 0.15) is 31.7 Å². The van der Waals surface area contributed by atoms with Gasteiger partial charge in [-0.15, -0.1) is 0 Å². The lowest BCUT2D eigenvalue weighted by Crippen LogP contribution is -2.51. The molecular formula is C16H22N2O3. The van der Waals surface area contributed by atoms with E-state index in [4.69, 9.17) is 4.74 Å². The van der Waals surface area contributed by atoms with Crippen LogP contribution in [0.2, 0.25) is 0 Å². The minimum absolute atomic E-state index is 0.00893. The minimum Gasteiger partial charge on any atom is -0.481 e. The van der Waals surface area contributed by atoms with E-state index in [1.165, 1.54) is 0 Å². The number of carbonyl (C=O) groups is 2. The van der Waals surface area contributed by atoms with Gasteiger partial charge in [-0.3, -0.25) is 9.59 Å². The summed E-state index contributed by atoms with van der Waals surface area (Å²) in [7, 11) is 0. The first-order valence-electron chi connectivity index (χ1n) is 7.39. The summed E-state index contributed by atoms with van der Waals surface area (Å²) in [4.78, 5) is 23.4. The topological polar surface area (TPSA) is 67.4 Å². The van der Waals surface area contributed by atoms with Crippen LogP contribution >= 0.6 is 0 Å². The monoisotopic (exact) mass is 290 g/mol. The lowest BCUT2D eigenvalue weighted by atomic mass is 10.1. The molecule has 1 fully saturated rings. The zero-order valence-corrected chi connectivity index (χ0v) is 12.5. The molecule has 1 aliphatic heterocycles. The molecule has 2 rings (SSSR count). The SMILES string of the molecule is CC[C@@H](Oc1cccc(C)c1)C(=O)N[C@H]1CCC(=O)NC1. The van der Waals surface area contributed by atoms with Gasteiger partial charge in [-0.1, -0.05) is 19.1 Å². The Morgan fingerprint density at radius 2 is 2.33 bits per heavy atom. The number of nitrogens with one attached hydrogen (secondary N) is 2. The van der Waals surface area contributed by atoms with Crippen molar-refractivity contribution in [1.82, 2.24) is 10.6 Å². The van der Waals surface area contributed by atoms with Crippen LogP contribution in [0.25, 0.3) is 0 Å². The van der Waals surface area contributed by atoms with E-state index in [9.17, 15) is 9.59 Å². The molecule has 0 spiro atoms. The summed E-state index contributed by atoms with van der Waals surface area (Å²) in [5, 5.41) is 5.70. The van der Waals surface area contributed by atoms with Crippen molar-refractivity contribution in [2.75, 3.05) is 6.54 Å². The number of aryl methyl sites for hydroxylation is 1. The third-order valence-corrected chi connectivity index (χ3v) is 3.54. The molecule has 0 aliphatic carbocycles. The van der Waals surface area contributed by atoms with E-state index in [1.54, 1.807) is 0 Å². The van der Waals surface area contributed by atoms with Gasteiger partial charge in [0.15, 0.2) is 6.10 Å². The highest BCUT2D eigenvalue weighted by atomic mass is 16.5. The number of ether oxygens (including phenoxy) is 1. The van der Waals surface area contributed by atoms with Crippen molar-refractivity contribution < 1.29 is 14.3 Å². The molecule has 0 radical (unpaired) electrons. The maximum Gasteiger partial charge on any atom is 0.261 e. The number of benzene rings is 1. The molecule has 21 heavy (non-hydrogen) atoms. The quantitative estimate of drug-likeness (QED) is 0.864. The van der Waals surface area contributed by atoms with Crippen molar-refractivity contribution in [3.63, 3.8) is 0 Å². The van der Waals surface area contributed by atoms with Gasteiger partial charge in [0.25, 0.3) is 5.91 Å². The van der Waals surface area contributed by atoms with Gasteiger partial charge in [-0.05, 0) is 37.5 Å². The standard InChI is InChI=1S/C16H22N2O3/c1-3-14(21-13-6-4-5-11(2)9-13)16(20)18-12-7-8-15(19)17-10-12/h4-6,9,12,14H,3,7-8,10H2,1-2H3,(H,17,19)(H,18,20)/t12-,14+/m0/s1. The first-order valence-corrected chi connectivity index (χ1v) is 7.39. The molecule has 5 heteroatoms. The number of amides is 2. The van der Waals surface area contributed by atoms with E-state index in [0.29, 0.717) is 31.6 Å². The Labute approximate surface area is 125 Å². The third-order valence-electron chi connectivity index (χ3n) is 3.54. The Morgan fingerprint density at radius 3 is 2.95 bits per heavy atom. The van der Waals surface area contributed by atoms with Gasteiger partial charge in [0, 0.05) is 19.0 Å². The lowest BCUT2D eigenvalue weighted by Gasteiger charge is -2.26. The van der Waals surface area contributed by atoms with Crippen LogP contribution in [0.3, 0.4) is 0 Å². The van der Waals surface area contributed by atoms with E-state index in [1.807, 2.05) is 38.1 Å². The third kappa shape index (κ3) is 4.48. The Bertz CT molecular complexity index is 506. The molecule has 0 unspecified atom stereocenters. The van der Waals surface area contributed by atoms with Crippen LogP contribution in [0, 0.1) is 6.92 Å². The van der Waals surface area contributed by atoms with Crippen LogP contribution in [0.15, 0.2) is 24.3 Å². The molecule has 1 saturated heterocycles. The molecule has 1 aliphatic rings. The number of hydrogen-bond acceptors (Lipinski definition) is 3. The van der Waals surface area contributed by atoms with Crippen molar-refractivity contribution in [2.45, 2.75) is 45.3 Å². The van der Waals surface area contributed by atoms with Gasteiger partial charge in [-0.25, -0.2) is 0 Å². The maximum atomic E-state index is 12.3. The van der Waals surface area contributed by atoms with Crippen molar-refractivity contribution in [3.05, 3.63) is 29.8 Å². The summed E-state index contributed by atoms with van der Waals surface area (Å²) in [6.45, 7) is 4.40. The van der Waals surface area contributed by atoms with Crippen LogP contribution in [0.5, 0.6) is 5.75 Å². The summed E-state index contributed by atoms with van der Waals surface area (Å²) >= 11 is 0. The number of rotatable bonds is 5. The Balaban J connectivity index is 1.90. The fraction of sp³-hybridized carbons (Fsp3) is 0.500. The molecule has 2 N–H and O–H groups in total. The predicted octanol–water partition coefficient (Wildman–Crippen LogP) is 1.55. The molecule has 5 nitrogen and oxygen atoms in total. The van der Waals surface area contributed by atoms with Gasteiger partial charge in [-0.2, -0.15) is 0 Å². The van der Waals surface area contributed by atoms with Crippen molar-refractivity contribution >= 4 is 11.8 Å². The average Bonchev–Trinajstić information content (AvgIpc) is 2.47. The van der Waals surface area contributed by atoms with Crippen LogP contribution < -0.4 is 15.4 Å². The van der Waals surface area contributed by atoms with E-state index < -0.39 is 6.10 Å². The summed E-state index contributed by atoms with van der Waals surface area (Å²) in [6, 6.07) is 7.65. The Kier molecular flexibility index (Phi) is 5.20. The predicted molar refractivity (Wildman–Crippen MR) is 80.1 cm³/mol. The highest BCUT2D eigenvalue weighted by Crippen LogP contribution is 2.16. The summed E-state index contributed by atoms with van der Waals surface area (Å²) in [6.07, 6.45) is 1.22. The minimum atomic E-state index is -0.510. The highest BCUT2D eigenvalue weighted by Gasteiger charge is 2.24. The van der Waals surface area contributed by atoms with Crippen molar-refractivity contribution in [2.24, 2.45) is 0 Å². The van der Waals surface area contributed by atoms with E-state index in [-0.39, 0.29) is 17.9 Å². The number of hydrogen-bond donors (Lipinski definition) is 2. The molecule has 0 aromatic heterocycles. The van der Waals surface area contributed by atoms with E-state index in [2.05, 4.69) is 10.6 Å². The fourth-order valence-corrected chi connectivity index (χ4v) is 2.33. The lowest BCUT2D eigenvalue weighted by molar-refractivity contribution is -0.130. The second-order valence-corrected chi connectivity index (χ2v) is 5.38. The Morgan fingerprint density at radius 1 is 1.52 bits per heavy atom. The smallest absolute Gasteiger partial charge is 0.261 e. The average molecular weight is 290 g/mol. The van der Waals surface area contributed by atoms with Gasteiger partial charge in [0.1, 0.15) is 5.75 Å². The van der Waals surface area contributed by atoms with Gasteiger partial charge in [0.2, 0.25) is 5.91 Å². The molecule has 2 atom stereocenters. The highest BCUT2D eigenvalue weighted by molar-refractivity contribution is 5.82. The van der Waals surface area contributed by atoms with Gasteiger partial charge in [0.05, 0.1) is 0 Å². The first kappa shape index (κ1) is 15.4.